The third-order valence-corrected chi connectivity index (χ3v) is 10.5. The predicted molar refractivity (Wildman–Crippen MR) is 218 cm³/mol. The molecule has 5 atom stereocenters. The van der Waals surface area contributed by atoms with Gasteiger partial charge < -0.3 is 44.1 Å². The monoisotopic (exact) mass is 810 g/mol. The molecule has 3 aliphatic rings. The third kappa shape index (κ3) is 11.2. The molecule has 314 valence electrons. The van der Waals surface area contributed by atoms with Gasteiger partial charge in [0.1, 0.15) is 36.6 Å². The minimum absolute atomic E-state index is 0.00804. The number of nitrogens with one attached hydrogen (secondary N) is 1. The number of esters is 2. The molecule has 3 aromatic carbocycles. The Morgan fingerprint density at radius 1 is 0.966 bits per heavy atom. The molecule has 1 aliphatic heterocycles. The van der Waals surface area contributed by atoms with Crippen molar-refractivity contribution in [1.29, 1.82) is 0 Å². The number of nitrogens with zero attached hydrogens (tertiary/aromatic N) is 1. The van der Waals surface area contributed by atoms with Gasteiger partial charge in [-0.05, 0) is 73.7 Å². The van der Waals surface area contributed by atoms with Crippen LogP contribution in [0.3, 0.4) is 0 Å². The van der Waals surface area contributed by atoms with Gasteiger partial charge in [0.05, 0.1) is 31.1 Å². The van der Waals surface area contributed by atoms with Crippen molar-refractivity contribution in [2.24, 2.45) is 0 Å². The molecular weight excluding hydrogens is 757 g/mol. The molecule has 2 aliphatic carbocycles. The molecule has 1 fully saturated rings. The van der Waals surface area contributed by atoms with Crippen LogP contribution in [-0.4, -0.2) is 108 Å². The van der Waals surface area contributed by atoms with Gasteiger partial charge in [-0.1, -0.05) is 66.7 Å². The van der Waals surface area contributed by atoms with Crippen LogP contribution in [0.4, 0.5) is 0 Å². The number of rotatable bonds is 16. The van der Waals surface area contributed by atoms with E-state index in [0.29, 0.717) is 18.4 Å². The van der Waals surface area contributed by atoms with E-state index in [4.69, 9.17) is 28.8 Å². The highest BCUT2D eigenvalue weighted by molar-refractivity contribution is 5.97. The van der Waals surface area contributed by atoms with Gasteiger partial charge in [-0.25, -0.2) is 4.79 Å². The van der Waals surface area contributed by atoms with Crippen molar-refractivity contribution in [2.75, 3.05) is 26.9 Å². The van der Waals surface area contributed by atoms with Crippen LogP contribution < -0.4 is 5.32 Å². The fourth-order valence-electron chi connectivity index (χ4n) is 7.68. The lowest BCUT2D eigenvalue weighted by Crippen LogP contribution is -2.53. The number of amides is 2. The summed E-state index contributed by atoms with van der Waals surface area (Å²) in [5.41, 5.74) is 3.55. The number of carbonyl (C=O) groups excluding carboxylic acids is 4. The molecule has 1 saturated heterocycles. The van der Waals surface area contributed by atoms with Crippen LogP contribution in [0, 0.1) is 0 Å². The Labute approximate surface area is 344 Å². The molecule has 1 spiro atoms. The highest BCUT2D eigenvalue weighted by atomic mass is 16.8. The first kappa shape index (κ1) is 43.2. The van der Waals surface area contributed by atoms with E-state index in [2.05, 4.69) is 5.32 Å². The molecule has 2 amide bonds. The van der Waals surface area contributed by atoms with Crippen LogP contribution >= 0.6 is 0 Å². The van der Waals surface area contributed by atoms with E-state index in [1.807, 2.05) is 54.6 Å². The predicted octanol–water partition coefficient (Wildman–Crippen LogP) is 4.47. The first-order valence-corrected chi connectivity index (χ1v) is 20.0. The number of ether oxygens (including phenoxy) is 5. The minimum Gasteiger partial charge on any atom is -0.499 e. The maximum atomic E-state index is 14.6. The van der Waals surface area contributed by atoms with Gasteiger partial charge in [0, 0.05) is 44.7 Å². The van der Waals surface area contributed by atoms with Gasteiger partial charge in [0.15, 0.2) is 5.79 Å². The molecule has 6 rings (SSSR count). The number of carbonyl (C=O) groups is 4. The van der Waals surface area contributed by atoms with E-state index >= 15 is 0 Å². The molecule has 1 heterocycles. The summed E-state index contributed by atoms with van der Waals surface area (Å²) in [5, 5.41) is 22.0. The van der Waals surface area contributed by atoms with E-state index in [0.717, 1.165) is 16.7 Å². The summed E-state index contributed by atoms with van der Waals surface area (Å²) in [4.78, 5) is 56.3. The number of fused-ring (bicyclic) bond motifs is 2. The maximum Gasteiger partial charge on any atom is 0.338 e. The van der Waals surface area contributed by atoms with E-state index in [-0.39, 0.29) is 50.0 Å². The zero-order chi connectivity index (χ0) is 42.2. The zero-order valence-corrected chi connectivity index (χ0v) is 34.0. The lowest BCUT2D eigenvalue weighted by molar-refractivity contribution is -0.172. The Bertz CT molecular complexity index is 2000. The van der Waals surface area contributed by atoms with E-state index in [9.17, 15) is 24.3 Å². The zero-order valence-electron chi connectivity index (χ0n) is 34.0. The molecule has 3 N–H and O–H groups in total. The first-order chi connectivity index (χ1) is 28.3. The van der Waals surface area contributed by atoms with Gasteiger partial charge in [0.2, 0.25) is 11.8 Å². The van der Waals surface area contributed by atoms with Crippen molar-refractivity contribution >= 4 is 29.8 Å². The van der Waals surface area contributed by atoms with Gasteiger partial charge in [0.25, 0.3) is 0 Å². The molecule has 0 radical (unpaired) electrons. The molecule has 0 bridgehead atoms. The number of hydrogen-bond acceptors (Lipinski definition) is 11. The second-order valence-electron chi connectivity index (χ2n) is 16.2. The standard InChI is InChI=1S/C46H54N2O11/c1-45(2,3)58-40(51)18-17-36(29-50)47-42(52)37(24-30-11-6-5-7-12-30)48(4)43(53)35-25-38(56-44(54)32-16-10-13-31(23-32)19-21-55-22-20-49)41-39(26-35)57-46(59-41)27-33-14-8-9-15-34(33)28-46/h5-16,19,21,23,26,36-39,41,49-50H,17-18,20,22,24-25,27-29H2,1-4H3,(H,47,52). The highest BCUT2D eigenvalue weighted by Gasteiger charge is 2.55. The van der Waals surface area contributed by atoms with Crippen LogP contribution in [0.25, 0.3) is 6.08 Å². The SMILES string of the molecule is CN(C(=O)C1=CC2OC3(Cc4ccccc4C3)OC2C(OC(=O)c2cccc(C=COCCO)c2)C1)C(Cc1ccccc1)C(=O)NC(CO)CCC(=O)OC(C)(C)C. The topological polar surface area (TPSA) is 170 Å². The van der Waals surface area contributed by atoms with Crippen molar-refractivity contribution in [3.05, 3.63) is 125 Å². The Morgan fingerprint density at radius 2 is 1.68 bits per heavy atom. The van der Waals surface area contributed by atoms with Gasteiger partial charge in [-0.3, -0.25) is 14.4 Å². The molecule has 0 saturated carbocycles. The van der Waals surface area contributed by atoms with Crippen molar-refractivity contribution in [1.82, 2.24) is 10.2 Å². The van der Waals surface area contributed by atoms with Crippen molar-refractivity contribution < 1.29 is 53.1 Å². The molecule has 5 unspecified atom stereocenters. The maximum absolute atomic E-state index is 14.6. The summed E-state index contributed by atoms with van der Waals surface area (Å²) >= 11 is 0. The van der Waals surface area contributed by atoms with E-state index in [1.54, 1.807) is 64.2 Å². The average Bonchev–Trinajstić information content (AvgIpc) is 3.77. The number of likely N-dealkylation sites (N-methyl/N-ethyl adjacent to an activating group) is 1. The molecular formula is C46H54N2O11. The molecule has 59 heavy (non-hydrogen) atoms. The first-order valence-electron chi connectivity index (χ1n) is 20.0. The van der Waals surface area contributed by atoms with Gasteiger partial charge in [-0.15, -0.1) is 0 Å². The number of aliphatic hydroxyl groups excluding tert-OH is 2. The van der Waals surface area contributed by atoms with E-state index in [1.165, 1.54) is 11.2 Å². The van der Waals surface area contributed by atoms with Gasteiger partial charge in [-0.2, -0.15) is 0 Å². The van der Waals surface area contributed by atoms with Crippen molar-refractivity contribution in [2.45, 2.75) is 101 Å². The Hall–Kier alpha value is -5.34. The van der Waals surface area contributed by atoms with Crippen LogP contribution in [0.5, 0.6) is 0 Å². The summed E-state index contributed by atoms with van der Waals surface area (Å²) in [7, 11) is 1.54. The third-order valence-electron chi connectivity index (χ3n) is 10.5. The Balaban J connectivity index is 1.24. The Kier molecular flexibility index (Phi) is 14.0. The fraction of sp³-hybridized carbons (Fsp3) is 0.435. The molecule has 13 nitrogen and oxygen atoms in total. The summed E-state index contributed by atoms with van der Waals surface area (Å²) in [6, 6.07) is 22.3. The highest BCUT2D eigenvalue weighted by Crippen LogP contribution is 2.45. The molecule has 0 aromatic heterocycles. The van der Waals surface area contributed by atoms with Crippen LogP contribution in [0.2, 0.25) is 0 Å². The van der Waals surface area contributed by atoms with E-state index < -0.39 is 72.1 Å². The largest absolute Gasteiger partial charge is 0.499 e. The normalized spacial score (nSPS) is 20.2. The Morgan fingerprint density at radius 3 is 2.36 bits per heavy atom. The average molecular weight is 811 g/mol. The molecule has 13 heteroatoms. The summed E-state index contributed by atoms with van der Waals surface area (Å²) in [6.45, 7) is 4.87. The van der Waals surface area contributed by atoms with Crippen LogP contribution in [0.1, 0.15) is 72.6 Å². The summed E-state index contributed by atoms with van der Waals surface area (Å²) in [5.74, 6) is -3.07. The lowest BCUT2D eigenvalue weighted by Gasteiger charge is -2.34. The van der Waals surface area contributed by atoms with Crippen molar-refractivity contribution in [3.63, 3.8) is 0 Å². The van der Waals surface area contributed by atoms with Gasteiger partial charge >= 0.3 is 11.9 Å². The smallest absolute Gasteiger partial charge is 0.338 e. The van der Waals surface area contributed by atoms with Crippen molar-refractivity contribution in [3.8, 4) is 0 Å². The number of hydrogen-bond donors (Lipinski definition) is 3. The number of benzene rings is 3. The summed E-state index contributed by atoms with van der Waals surface area (Å²) < 4.78 is 30.2. The quantitative estimate of drug-likeness (QED) is 0.106. The molecule has 3 aromatic rings. The second-order valence-corrected chi connectivity index (χ2v) is 16.2. The second kappa shape index (κ2) is 19.2. The minimum atomic E-state index is -1.02. The summed E-state index contributed by atoms with van der Waals surface area (Å²) in [6.07, 6.45) is 3.68. The van der Waals surface area contributed by atoms with Crippen LogP contribution in [-0.2, 0) is 57.3 Å². The fourth-order valence-corrected chi connectivity index (χ4v) is 7.68. The number of aliphatic hydroxyl groups is 2. The van der Waals surface area contributed by atoms with Crippen LogP contribution in [0.15, 0.2) is 96.8 Å². The lowest BCUT2D eigenvalue weighted by atomic mass is 9.90.